The molecular weight excluding hydrogens is 197 g/mol. The molecule has 0 aliphatic carbocycles. The first-order valence-corrected chi connectivity index (χ1v) is 4.41. The quantitative estimate of drug-likeness (QED) is 0.699. The molecule has 0 saturated heterocycles. The maximum Gasteiger partial charge on any atom is 0.258 e. The van der Waals surface area contributed by atoms with E-state index in [4.69, 9.17) is 0 Å². The topological polar surface area (TPSA) is 46.2 Å². The molecule has 3 nitrogen and oxygen atoms in total. The van der Waals surface area contributed by atoms with Gasteiger partial charge in [-0.3, -0.25) is 14.9 Å². The number of aryl methyl sites for hydroxylation is 1. The molecule has 0 unspecified atom stereocenters. The Labute approximate surface area is 85.6 Å². The van der Waals surface area contributed by atoms with Gasteiger partial charge in [-0.25, -0.2) is 4.39 Å². The summed E-state index contributed by atoms with van der Waals surface area (Å²) in [6.45, 7) is 1.72. The molecule has 1 heterocycles. The van der Waals surface area contributed by atoms with E-state index in [0.717, 1.165) is 0 Å². The summed E-state index contributed by atoms with van der Waals surface area (Å²) in [5.74, 6) is -1.36. The first kappa shape index (κ1) is 9.58. The zero-order chi connectivity index (χ0) is 11.0. The van der Waals surface area contributed by atoms with Crippen LogP contribution in [0.3, 0.4) is 0 Å². The molecule has 4 heteroatoms. The molecule has 0 spiro atoms. The highest BCUT2D eigenvalue weighted by atomic mass is 19.1. The number of carbonyl (C=O) groups excluding carboxylic acids is 2. The summed E-state index contributed by atoms with van der Waals surface area (Å²) in [6, 6.07) is 4.25. The minimum Gasteiger partial charge on any atom is -0.289 e. The molecule has 1 aromatic rings. The molecule has 0 bridgehead atoms. The summed E-state index contributed by atoms with van der Waals surface area (Å²) in [6.07, 6.45) is 1.18. The Balaban J connectivity index is 2.50. The molecule has 1 aliphatic rings. The molecule has 2 rings (SSSR count). The summed E-state index contributed by atoms with van der Waals surface area (Å²) >= 11 is 0. The number of rotatable bonds is 1. The highest BCUT2D eigenvalue weighted by Gasteiger charge is 2.22. The minimum absolute atomic E-state index is 0.211. The monoisotopic (exact) mass is 205 g/mol. The Morgan fingerprint density at radius 2 is 1.93 bits per heavy atom. The summed E-state index contributed by atoms with van der Waals surface area (Å²) in [5.41, 5.74) is 1.34. The van der Waals surface area contributed by atoms with Gasteiger partial charge >= 0.3 is 0 Å². The molecule has 1 aromatic carbocycles. The van der Waals surface area contributed by atoms with Gasteiger partial charge in [0.1, 0.15) is 5.82 Å². The number of imide groups is 1. The van der Waals surface area contributed by atoms with Crippen molar-refractivity contribution < 1.29 is 14.0 Å². The summed E-state index contributed by atoms with van der Waals surface area (Å²) in [7, 11) is 0. The van der Waals surface area contributed by atoms with Gasteiger partial charge < -0.3 is 0 Å². The molecule has 0 radical (unpaired) electrons. The molecule has 76 valence electrons. The Kier molecular flexibility index (Phi) is 2.11. The number of benzene rings is 1. The molecule has 0 saturated carbocycles. The van der Waals surface area contributed by atoms with Crippen LogP contribution in [0.25, 0.3) is 5.57 Å². The standard InChI is InChI=1S/C11H8FNO2/c1-6-2-7(4-8(12)3-6)9-5-10(14)13-11(9)15/h2-5H,1H3,(H,13,14,15). The van der Waals surface area contributed by atoms with Crippen molar-refractivity contribution >= 4 is 17.4 Å². The molecule has 15 heavy (non-hydrogen) atoms. The van der Waals surface area contributed by atoms with Crippen molar-refractivity contribution in [3.8, 4) is 0 Å². The fourth-order valence-electron chi connectivity index (χ4n) is 1.52. The fraction of sp³-hybridized carbons (Fsp3) is 0.0909. The van der Waals surface area contributed by atoms with E-state index in [9.17, 15) is 14.0 Å². The van der Waals surface area contributed by atoms with Gasteiger partial charge in [-0.15, -0.1) is 0 Å². The second-order valence-electron chi connectivity index (χ2n) is 3.39. The Hall–Kier alpha value is -1.97. The summed E-state index contributed by atoms with van der Waals surface area (Å²) < 4.78 is 13.1. The minimum atomic E-state index is -0.481. The van der Waals surface area contributed by atoms with E-state index in [-0.39, 0.29) is 5.57 Å². The van der Waals surface area contributed by atoms with Gasteiger partial charge in [-0.05, 0) is 30.2 Å². The molecule has 2 amide bonds. The lowest BCUT2D eigenvalue weighted by Gasteiger charge is -2.02. The normalized spacial score (nSPS) is 15.2. The van der Waals surface area contributed by atoms with Gasteiger partial charge in [0.05, 0.1) is 5.57 Å². The van der Waals surface area contributed by atoms with E-state index in [1.807, 2.05) is 0 Å². The van der Waals surface area contributed by atoms with Crippen LogP contribution in [0.15, 0.2) is 24.3 Å². The third kappa shape index (κ3) is 1.79. The van der Waals surface area contributed by atoms with Crippen LogP contribution in [0, 0.1) is 12.7 Å². The van der Waals surface area contributed by atoms with Crippen LogP contribution in [0.1, 0.15) is 11.1 Å². The SMILES string of the molecule is Cc1cc(F)cc(C2=CC(=O)NC2=O)c1. The largest absolute Gasteiger partial charge is 0.289 e. The fourth-order valence-corrected chi connectivity index (χ4v) is 1.52. The second kappa shape index (κ2) is 3.31. The molecule has 1 N–H and O–H groups in total. The summed E-state index contributed by atoms with van der Waals surface area (Å²) in [5, 5.41) is 2.11. The first-order valence-electron chi connectivity index (χ1n) is 4.41. The predicted octanol–water partition coefficient (Wildman–Crippen LogP) is 1.17. The van der Waals surface area contributed by atoms with Gasteiger partial charge in [0, 0.05) is 6.08 Å². The molecule has 1 aliphatic heterocycles. The van der Waals surface area contributed by atoms with Gasteiger partial charge in [0.25, 0.3) is 11.8 Å². The first-order chi connectivity index (χ1) is 7.06. The lowest BCUT2D eigenvalue weighted by atomic mass is 10.0. The van der Waals surface area contributed by atoms with Crippen LogP contribution in [0.2, 0.25) is 0 Å². The average Bonchev–Trinajstić information content (AvgIpc) is 2.43. The highest BCUT2D eigenvalue weighted by Crippen LogP contribution is 2.20. The number of nitrogens with one attached hydrogen (secondary N) is 1. The lowest BCUT2D eigenvalue weighted by Crippen LogP contribution is -2.21. The predicted molar refractivity (Wildman–Crippen MR) is 52.3 cm³/mol. The maximum absolute atomic E-state index is 13.1. The van der Waals surface area contributed by atoms with Crippen molar-refractivity contribution in [2.75, 3.05) is 0 Å². The number of halogens is 1. The Morgan fingerprint density at radius 3 is 2.47 bits per heavy atom. The highest BCUT2D eigenvalue weighted by molar-refractivity contribution is 6.33. The average molecular weight is 205 g/mol. The van der Waals surface area contributed by atoms with Crippen molar-refractivity contribution in [1.29, 1.82) is 0 Å². The van der Waals surface area contributed by atoms with Crippen LogP contribution in [-0.2, 0) is 9.59 Å². The van der Waals surface area contributed by atoms with Crippen LogP contribution in [0.4, 0.5) is 4.39 Å². The number of hydrogen-bond acceptors (Lipinski definition) is 2. The Morgan fingerprint density at radius 1 is 1.20 bits per heavy atom. The van der Waals surface area contributed by atoms with Crippen molar-refractivity contribution in [3.63, 3.8) is 0 Å². The second-order valence-corrected chi connectivity index (χ2v) is 3.39. The number of carbonyl (C=O) groups is 2. The van der Waals surface area contributed by atoms with Crippen molar-refractivity contribution in [3.05, 3.63) is 41.2 Å². The van der Waals surface area contributed by atoms with Crippen LogP contribution in [-0.4, -0.2) is 11.8 Å². The third-order valence-electron chi connectivity index (χ3n) is 2.11. The van der Waals surface area contributed by atoms with E-state index in [2.05, 4.69) is 5.32 Å². The maximum atomic E-state index is 13.1. The number of hydrogen-bond donors (Lipinski definition) is 1. The summed E-state index contributed by atoms with van der Waals surface area (Å²) in [4.78, 5) is 22.2. The van der Waals surface area contributed by atoms with Crippen LogP contribution >= 0.6 is 0 Å². The number of amides is 2. The van der Waals surface area contributed by atoms with Crippen LogP contribution < -0.4 is 5.32 Å². The van der Waals surface area contributed by atoms with E-state index >= 15 is 0 Å². The third-order valence-corrected chi connectivity index (χ3v) is 2.11. The van der Waals surface area contributed by atoms with Crippen LogP contribution in [0.5, 0.6) is 0 Å². The van der Waals surface area contributed by atoms with E-state index in [0.29, 0.717) is 11.1 Å². The lowest BCUT2D eigenvalue weighted by molar-refractivity contribution is -0.123. The zero-order valence-corrected chi connectivity index (χ0v) is 8.00. The Bertz CT molecular complexity index is 471. The van der Waals surface area contributed by atoms with Gasteiger partial charge in [-0.1, -0.05) is 6.07 Å². The molecule has 0 aromatic heterocycles. The molecule has 0 atom stereocenters. The van der Waals surface area contributed by atoms with Crippen molar-refractivity contribution in [2.24, 2.45) is 0 Å². The van der Waals surface area contributed by atoms with Crippen molar-refractivity contribution in [2.45, 2.75) is 6.92 Å². The molecular formula is C11H8FNO2. The van der Waals surface area contributed by atoms with Gasteiger partial charge in [0.2, 0.25) is 0 Å². The van der Waals surface area contributed by atoms with Crippen molar-refractivity contribution in [1.82, 2.24) is 5.32 Å². The van der Waals surface area contributed by atoms with E-state index < -0.39 is 17.6 Å². The van der Waals surface area contributed by atoms with E-state index in [1.54, 1.807) is 13.0 Å². The zero-order valence-electron chi connectivity index (χ0n) is 8.00. The van der Waals surface area contributed by atoms with E-state index in [1.165, 1.54) is 18.2 Å². The van der Waals surface area contributed by atoms with Gasteiger partial charge in [-0.2, -0.15) is 0 Å². The smallest absolute Gasteiger partial charge is 0.258 e. The molecule has 0 fully saturated rings. The van der Waals surface area contributed by atoms with Gasteiger partial charge in [0.15, 0.2) is 0 Å².